The molecule has 0 bridgehead atoms. The molecule has 1 fully saturated rings. The lowest BCUT2D eigenvalue weighted by atomic mass is 9.96. The van der Waals surface area contributed by atoms with Crippen LogP contribution in [0.25, 0.3) is 0 Å². The van der Waals surface area contributed by atoms with Crippen molar-refractivity contribution in [3.8, 4) is 0 Å². The second-order valence-corrected chi connectivity index (χ2v) is 7.69. The minimum atomic E-state index is 0.0647. The lowest BCUT2D eigenvalue weighted by Gasteiger charge is -2.34. The highest BCUT2D eigenvalue weighted by Crippen LogP contribution is 2.26. The van der Waals surface area contributed by atoms with Gasteiger partial charge in [-0.25, -0.2) is 4.79 Å². The maximum atomic E-state index is 12.8. The van der Waals surface area contributed by atoms with Gasteiger partial charge in [0.05, 0.1) is 0 Å². The normalized spacial score (nSPS) is 17.9. The molecular formula is C23H29N3O. The Kier molecular flexibility index (Phi) is 5.61. The molecular weight excluding hydrogens is 334 g/mol. The molecule has 0 aromatic heterocycles. The number of carbonyl (C=O) groups is 1. The molecule has 4 nitrogen and oxygen atoms in total. The number of urea groups is 1. The molecule has 2 aliphatic rings. The van der Waals surface area contributed by atoms with Crippen LogP contribution in [0.4, 0.5) is 16.2 Å². The van der Waals surface area contributed by atoms with Crippen LogP contribution in [0.5, 0.6) is 0 Å². The number of carbonyl (C=O) groups excluding carboxylic acids is 1. The first kappa shape index (κ1) is 17.9. The van der Waals surface area contributed by atoms with E-state index in [2.05, 4.69) is 58.7 Å². The summed E-state index contributed by atoms with van der Waals surface area (Å²) in [6.07, 6.45) is 5.55. The Bertz CT molecular complexity index is 753. The van der Waals surface area contributed by atoms with E-state index in [1.807, 2.05) is 11.0 Å². The zero-order valence-corrected chi connectivity index (χ0v) is 15.9. The Labute approximate surface area is 162 Å². The Morgan fingerprint density at radius 2 is 1.67 bits per heavy atom. The van der Waals surface area contributed by atoms with Gasteiger partial charge >= 0.3 is 6.03 Å². The highest BCUT2D eigenvalue weighted by atomic mass is 16.2. The van der Waals surface area contributed by atoms with Gasteiger partial charge < -0.3 is 10.2 Å². The van der Waals surface area contributed by atoms with Crippen molar-refractivity contribution in [3.05, 3.63) is 60.2 Å². The summed E-state index contributed by atoms with van der Waals surface area (Å²) in [6.45, 7) is 3.73. The second kappa shape index (κ2) is 8.47. The Morgan fingerprint density at radius 1 is 0.926 bits per heavy atom. The third-order valence-corrected chi connectivity index (χ3v) is 5.88. The van der Waals surface area contributed by atoms with E-state index in [9.17, 15) is 4.79 Å². The zero-order valence-electron chi connectivity index (χ0n) is 15.9. The lowest BCUT2D eigenvalue weighted by Crippen LogP contribution is -2.44. The maximum absolute atomic E-state index is 12.8. The van der Waals surface area contributed by atoms with Gasteiger partial charge in [0.2, 0.25) is 0 Å². The van der Waals surface area contributed by atoms with Gasteiger partial charge in [0, 0.05) is 37.6 Å². The molecule has 2 aromatic carbocycles. The number of hydrogen-bond donors (Lipinski definition) is 1. The van der Waals surface area contributed by atoms with Crippen LogP contribution in [0.1, 0.15) is 31.2 Å². The largest absolute Gasteiger partial charge is 0.372 e. The number of rotatable bonds is 3. The minimum Gasteiger partial charge on any atom is -0.372 e. The molecule has 0 saturated carbocycles. The average Bonchev–Trinajstić information content (AvgIpc) is 2.96. The molecule has 0 aliphatic carbocycles. The third kappa shape index (κ3) is 4.26. The van der Waals surface area contributed by atoms with Gasteiger partial charge in [0.25, 0.3) is 0 Å². The van der Waals surface area contributed by atoms with Gasteiger partial charge in [-0.05, 0) is 61.8 Å². The topological polar surface area (TPSA) is 35.6 Å². The number of fused-ring (bicyclic) bond motifs is 1. The number of benzene rings is 2. The Morgan fingerprint density at radius 3 is 2.48 bits per heavy atom. The van der Waals surface area contributed by atoms with Gasteiger partial charge in [0.1, 0.15) is 0 Å². The maximum Gasteiger partial charge on any atom is 0.321 e. The molecule has 2 heterocycles. The number of amides is 2. The third-order valence-electron chi connectivity index (χ3n) is 5.88. The first-order valence-corrected chi connectivity index (χ1v) is 10.2. The molecule has 2 aromatic rings. The summed E-state index contributed by atoms with van der Waals surface area (Å²) in [6, 6.07) is 19.0. The molecule has 2 amide bonds. The number of aryl methyl sites for hydroxylation is 1. The second-order valence-electron chi connectivity index (χ2n) is 7.69. The highest BCUT2D eigenvalue weighted by molar-refractivity contribution is 5.92. The number of nitrogens with zero attached hydrogens (tertiary/aromatic N) is 2. The molecule has 0 atom stereocenters. The summed E-state index contributed by atoms with van der Waals surface area (Å²) < 4.78 is 0. The number of anilines is 2. The fourth-order valence-electron chi connectivity index (χ4n) is 4.26. The summed E-state index contributed by atoms with van der Waals surface area (Å²) in [5.74, 6) is 0.566. The summed E-state index contributed by atoms with van der Waals surface area (Å²) >= 11 is 0. The van der Waals surface area contributed by atoms with Crippen molar-refractivity contribution < 1.29 is 4.79 Å². The molecule has 1 N–H and O–H groups in total. The molecule has 0 spiro atoms. The minimum absolute atomic E-state index is 0.0647. The first-order valence-electron chi connectivity index (χ1n) is 10.2. The van der Waals surface area contributed by atoms with E-state index in [0.717, 1.165) is 64.0 Å². The number of hydrogen-bond acceptors (Lipinski definition) is 2. The zero-order chi connectivity index (χ0) is 18.5. The van der Waals surface area contributed by atoms with Crippen molar-refractivity contribution in [2.24, 2.45) is 5.92 Å². The van der Waals surface area contributed by atoms with Crippen LogP contribution >= 0.6 is 0 Å². The number of para-hydroxylation sites is 2. The molecule has 27 heavy (non-hydrogen) atoms. The van der Waals surface area contributed by atoms with E-state index in [1.165, 1.54) is 11.3 Å². The standard InChI is InChI=1S/C23H29N3O/c27-23(26-15-7-6-9-20-8-4-5-12-22(20)26)24-18-19-13-16-25(17-14-19)21-10-2-1-3-11-21/h1-5,8,10-12,19H,6-7,9,13-18H2,(H,24,27). The first-order chi connectivity index (χ1) is 13.3. The van der Waals surface area contributed by atoms with Crippen LogP contribution in [0.2, 0.25) is 0 Å². The summed E-state index contributed by atoms with van der Waals surface area (Å²) in [5.41, 5.74) is 3.69. The number of piperidine rings is 1. The number of nitrogens with one attached hydrogen (secondary N) is 1. The molecule has 2 aliphatic heterocycles. The molecule has 0 radical (unpaired) electrons. The molecule has 1 saturated heterocycles. The fraction of sp³-hybridized carbons (Fsp3) is 0.435. The van der Waals surface area contributed by atoms with Crippen LogP contribution in [0.3, 0.4) is 0 Å². The van der Waals surface area contributed by atoms with Crippen molar-refractivity contribution in [3.63, 3.8) is 0 Å². The van der Waals surface area contributed by atoms with E-state index in [4.69, 9.17) is 0 Å². The van der Waals surface area contributed by atoms with Gasteiger partial charge in [-0.15, -0.1) is 0 Å². The van der Waals surface area contributed by atoms with Gasteiger partial charge in [-0.2, -0.15) is 0 Å². The van der Waals surface area contributed by atoms with Crippen LogP contribution in [-0.2, 0) is 6.42 Å². The Hall–Kier alpha value is -2.49. The van der Waals surface area contributed by atoms with Crippen LogP contribution in [0.15, 0.2) is 54.6 Å². The van der Waals surface area contributed by atoms with Crippen LogP contribution in [0, 0.1) is 5.92 Å². The molecule has 142 valence electrons. The average molecular weight is 364 g/mol. The molecule has 4 rings (SSSR count). The predicted octanol–water partition coefficient (Wildman–Crippen LogP) is 4.46. The van der Waals surface area contributed by atoms with Crippen molar-refractivity contribution in [2.45, 2.75) is 32.1 Å². The van der Waals surface area contributed by atoms with Gasteiger partial charge in [-0.1, -0.05) is 36.4 Å². The SMILES string of the molecule is O=C(NCC1CCN(c2ccccc2)CC1)N1CCCCc2ccccc21. The predicted molar refractivity (Wildman–Crippen MR) is 112 cm³/mol. The summed E-state index contributed by atoms with van der Waals surface area (Å²) in [4.78, 5) is 17.2. The van der Waals surface area contributed by atoms with E-state index >= 15 is 0 Å². The quantitative estimate of drug-likeness (QED) is 0.874. The monoisotopic (exact) mass is 363 g/mol. The smallest absolute Gasteiger partial charge is 0.321 e. The van der Waals surface area contributed by atoms with Crippen molar-refractivity contribution in [1.82, 2.24) is 5.32 Å². The van der Waals surface area contributed by atoms with Crippen molar-refractivity contribution >= 4 is 17.4 Å². The lowest BCUT2D eigenvalue weighted by molar-refractivity contribution is 0.243. The summed E-state index contributed by atoms with van der Waals surface area (Å²) in [7, 11) is 0. The molecule has 0 unspecified atom stereocenters. The Balaban J connectivity index is 1.30. The highest BCUT2D eigenvalue weighted by Gasteiger charge is 2.23. The van der Waals surface area contributed by atoms with Crippen LogP contribution in [-0.4, -0.2) is 32.2 Å². The van der Waals surface area contributed by atoms with Crippen molar-refractivity contribution in [1.29, 1.82) is 0 Å². The molecule has 4 heteroatoms. The van der Waals surface area contributed by atoms with Crippen molar-refractivity contribution in [2.75, 3.05) is 36.0 Å². The van der Waals surface area contributed by atoms with E-state index < -0.39 is 0 Å². The van der Waals surface area contributed by atoms with Gasteiger partial charge in [-0.3, -0.25) is 4.90 Å². The fourth-order valence-corrected chi connectivity index (χ4v) is 4.26. The van der Waals surface area contributed by atoms with E-state index in [-0.39, 0.29) is 6.03 Å². The van der Waals surface area contributed by atoms with Crippen LogP contribution < -0.4 is 15.1 Å². The summed E-state index contributed by atoms with van der Waals surface area (Å²) in [5, 5.41) is 3.21. The van der Waals surface area contributed by atoms with E-state index in [1.54, 1.807) is 0 Å². The van der Waals surface area contributed by atoms with E-state index in [0.29, 0.717) is 5.92 Å². The van der Waals surface area contributed by atoms with Gasteiger partial charge in [0.15, 0.2) is 0 Å².